The third-order valence-electron chi connectivity index (χ3n) is 1.72. The van der Waals surface area contributed by atoms with Gasteiger partial charge in [-0.3, -0.25) is 0 Å². The van der Waals surface area contributed by atoms with Crippen LogP contribution in [0.3, 0.4) is 0 Å². The Morgan fingerprint density at radius 2 is 2.00 bits per heavy atom. The normalized spacial score (nSPS) is 10.4. The molecule has 1 N–H and O–H groups in total. The van der Waals surface area contributed by atoms with Crippen LogP contribution in [0.5, 0.6) is 5.75 Å². The standard InChI is InChI=1S/C10H6ClO/c11-9-5-7-3-1-2-4-8(7)6-10(9)12/h1-4,6,12H. The fourth-order valence-electron chi connectivity index (χ4n) is 1.13. The maximum atomic E-state index is 9.25. The van der Waals surface area contributed by atoms with Gasteiger partial charge in [-0.2, -0.15) is 0 Å². The second-order valence-electron chi connectivity index (χ2n) is 2.56. The van der Waals surface area contributed by atoms with E-state index in [0.717, 1.165) is 10.8 Å². The van der Waals surface area contributed by atoms with E-state index in [1.54, 1.807) is 6.07 Å². The molecule has 0 aromatic heterocycles. The lowest BCUT2D eigenvalue weighted by Gasteiger charge is -1.99. The Hall–Kier alpha value is -1.21. The van der Waals surface area contributed by atoms with E-state index in [9.17, 15) is 5.11 Å². The molecule has 0 unspecified atom stereocenters. The average Bonchev–Trinajstić information content (AvgIpc) is 2.07. The summed E-state index contributed by atoms with van der Waals surface area (Å²) < 4.78 is 0. The van der Waals surface area contributed by atoms with Gasteiger partial charge in [0, 0.05) is 6.07 Å². The molecule has 0 aliphatic heterocycles. The summed E-state index contributed by atoms with van der Waals surface area (Å²) in [6, 6.07) is 12.1. The van der Waals surface area contributed by atoms with Crippen molar-refractivity contribution in [1.82, 2.24) is 0 Å². The number of hydrogen-bond donors (Lipinski definition) is 1. The second kappa shape index (κ2) is 2.68. The molecule has 59 valence electrons. The Kier molecular flexibility index (Phi) is 1.66. The van der Waals surface area contributed by atoms with E-state index >= 15 is 0 Å². The third kappa shape index (κ3) is 1.12. The fraction of sp³-hybridized carbons (Fsp3) is 0. The second-order valence-corrected chi connectivity index (χ2v) is 2.93. The van der Waals surface area contributed by atoms with Crippen molar-refractivity contribution in [3.05, 3.63) is 41.4 Å². The summed E-state index contributed by atoms with van der Waals surface area (Å²) in [6.45, 7) is 0. The largest absolute Gasteiger partial charge is 0.506 e. The van der Waals surface area contributed by atoms with Crippen molar-refractivity contribution in [3.8, 4) is 5.75 Å². The highest BCUT2D eigenvalue weighted by molar-refractivity contribution is 6.32. The number of halogens is 1. The number of fused-ring (bicyclic) bond motifs is 1. The zero-order valence-electron chi connectivity index (χ0n) is 6.21. The van der Waals surface area contributed by atoms with Crippen LogP contribution in [0.1, 0.15) is 0 Å². The van der Waals surface area contributed by atoms with Crippen LogP contribution in [-0.2, 0) is 0 Å². The SMILES string of the molecule is Oc1cc2ccccc2[c]c1Cl. The molecule has 1 nitrogen and oxygen atoms in total. The van der Waals surface area contributed by atoms with Crippen LogP contribution in [0.15, 0.2) is 30.3 Å². The Bertz CT molecular complexity index is 383. The predicted molar refractivity (Wildman–Crippen MR) is 49.5 cm³/mol. The predicted octanol–water partition coefficient (Wildman–Crippen LogP) is 3.00. The number of benzene rings is 2. The summed E-state index contributed by atoms with van der Waals surface area (Å²) in [6.07, 6.45) is 0. The van der Waals surface area contributed by atoms with Gasteiger partial charge in [0.15, 0.2) is 0 Å². The van der Waals surface area contributed by atoms with Gasteiger partial charge >= 0.3 is 0 Å². The van der Waals surface area contributed by atoms with Gasteiger partial charge in [0.05, 0.1) is 5.02 Å². The molecule has 0 aliphatic carbocycles. The molecule has 2 aromatic carbocycles. The summed E-state index contributed by atoms with van der Waals surface area (Å²) >= 11 is 5.68. The van der Waals surface area contributed by atoms with E-state index in [2.05, 4.69) is 6.07 Å². The van der Waals surface area contributed by atoms with Crippen molar-refractivity contribution in [2.45, 2.75) is 0 Å². The molecule has 1 radical (unpaired) electrons. The van der Waals surface area contributed by atoms with Crippen LogP contribution < -0.4 is 0 Å². The van der Waals surface area contributed by atoms with Crippen molar-refractivity contribution in [2.24, 2.45) is 0 Å². The number of aromatic hydroxyl groups is 1. The molecule has 2 heteroatoms. The van der Waals surface area contributed by atoms with Crippen LogP contribution in [-0.4, -0.2) is 5.11 Å². The smallest absolute Gasteiger partial charge is 0.135 e. The van der Waals surface area contributed by atoms with E-state index in [1.165, 1.54) is 0 Å². The number of rotatable bonds is 0. The van der Waals surface area contributed by atoms with E-state index in [4.69, 9.17) is 11.6 Å². The average molecular weight is 178 g/mol. The topological polar surface area (TPSA) is 20.2 Å². The summed E-state index contributed by atoms with van der Waals surface area (Å²) in [5.74, 6) is 0.0790. The molecule has 0 aliphatic rings. The lowest BCUT2D eigenvalue weighted by atomic mass is 10.1. The Morgan fingerprint density at radius 1 is 1.25 bits per heavy atom. The summed E-state index contributed by atoms with van der Waals surface area (Å²) in [5.41, 5.74) is 0. The monoisotopic (exact) mass is 177 g/mol. The zero-order valence-corrected chi connectivity index (χ0v) is 6.97. The Balaban J connectivity index is 2.84. The van der Waals surface area contributed by atoms with E-state index in [0.29, 0.717) is 0 Å². The van der Waals surface area contributed by atoms with Crippen molar-refractivity contribution in [2.75, 3.05) is 0 Å². The first-order valence-electron chi connectivity index (χ1n) is 3.57. The van der Waals surface area contributed by atoms with Gasteiger partial charge < -0.3 is 5.11 Å². The molecule has 0 amide bonds. The number of phenols is 1. The molecule has 0 saturated heterocycles. The minimum Gasteiger partial charge on any atom is -0.506 e. The van der Waals surface area contributed by atoms with Crippen molar-refractivity contribution >= 4 is 22.4 Å². The van der Waals surface area contributed by atoms with Crippen molar-refractivity contribution in [1.29, 1.82) is 0 Å². The lowest BCUT2D eigenvalue weighted by Crippen LogP contribution is -1.73. The minimum absolute atomic E-state index is 0.0790. The highest BCUT2D eigenvalue weighted by Crippen LogP contribution is 2.27. The molecule has 0 bridgehead atoms. The summed E-state index contributed by atoms with van der Waals surface area (Å²) in [5, 5.41) is 11.4. The molecule has 0 saturated carbocycles. The summed E-state index contributed by atoms with van der Waals surface area (Å²) in [7, 11) is 0. The van der Waals surface area contributed by atoms with Gasteiger partial charge in [-0.1, -0.05) is 35.9 Å². The van der Waals surface area contributed by atoms with E-state index in [1.807, 2.05) is 24.3 Å². The molecular weight excluding hydrogens is 172 g/mol. The first-order chi connectivity index (χ1) is 5.77. The Labute approximate surface area is 75.2 Å². The molecule has 2 rings (SSSR count). The number of phenolic OH excluding ortho intramolecular Hbond substituents is 1. The van der Waals surface area contributed by atoms with Crippen molar-refractivity contribution in [3.63, 3.8) is 0 Å². The van der Waals surface area contributed by atoms with Gasteiger partial charge in [-0.25, -0.2) is 0 Å². The maximum Gasteiger partial charge on any atom is 0.135 e. The molecule has 0 fully saturated rings. The van der Waals surface area contributed by atoms with Gasteiger partial charge in [-0.15, -0.1) is 0 Å². The molecule has 12 heavy (non-hydrogen) atoms. The lowest BCUT2D eigenvalue weighted by molar-refractivity contribution is 0.476. The molecule has 0 heterocycles. The van der Waals surface area contributed by atoms with Crippen LogP contribution in [0.25, 0.3) is 10.8 Å². The van der Waals surface area contributed by atoms with Gasteiger partial charge in [-0.05, 0) is 16.8 Å². The first kappa shape index (κ1) is 7.44. The highest BCUT2D eigenvalue weighted by atomic mass is 35.5. The molecule has 0 spiro atoms. The van der Waals surface area contributed by atoms with Crippen molar-refractivity contribution < 1.29 is 5.11 Å². The maximum absolute atomic E-state index is 9.25. The molecular formula is C10H6ClO. The van der Waals surface area contributed by atoms with E-state index in [-0.39, 0.29) is 10.8 Å². The van der Waals surface area contributed by atoms with Gasteiger partial charge in [0.25, 0.3) is 0 Å². The summed E-state index contributed by atoms with van der Waals surface area (Å²) in [4.78, 5) is 0. The van der Waals surface area contributed by atoms with Crippen LogP contribution in [0, 0.1) is 6.07 Å². The van der Waals surface area contributed by atoms with Crippen LogP contribution in [0.2, 0.25) is 5.02 Å². The first-order valence-corrected chi connectivity index (χ1v) is 3.95. The zero-order chi connectivity index (χ0) is 8.55. The minimum atomic E-state index is 0.0790. The molecule has 2 aromatic rings. The quantitative estimate of drug-likeness (QED) is 0.656. The molecule has 0 atom stereocenters. The van der Waals surface area contributed by atoms with Gasteiger partial charge in [0.2, 0.25) is 0 Å². The third-order valence-corrected chi connectivity index (χ3v) is 2.01. The highest BCUT2D eigenvalue weighted by Gasteiger charge is 1.99. The fourth-order valence-corrected chi connectivity index (χ4v) is 1.29. The number of hydrogen-bond acceptors (Lipinski definition) is 1. The van der Waals surface area contributed by atoms with Crippen LogP contribution >= 0.6 is 11.6 Å². The Morgan fingerprint density at radius 3 is 2.83 bits per heavy atom. The van der Waals surface area contributed by atoms with Gasteiger partial charge in [0.1, 0.15) is 5.75 Å². The van der Waals surface area contributed by atoms with Crippen LogP contribution in [0.4, 0.5) is 0 Å². The van der Waals surface area contributed by atoms with E-state index < -0.39 is 0 Å².